The maximum atomic E-state index is 5.67. The van der Waals surface area contributed by atoms with E-state index in [9.17, 15) is 0 Å². The molecule has 2 nitrogen and oxygen atoms in total. The number of hydrogen-bond acceptors (Lipinski definition) is 2. The van der Waals surface area contributed by atoms with Crippen LogP contribution >= 0.6 is 0 Å². The van der Waals surface area contributed by atoms with Gasteiger partial charge in [-0.3, -0.25) is 0 Å². The van der Waals surface area contributed by atoms with Crippen LogP contribution in [-0.2, 0) is 4.74 Å². The molecule has 1 N–H and O–H groups in total. The first-order chi connectivity index (χ1) is 7.10. The smallest absolute Gasteiger partial charge is 0.0726 e. The summed E-state index contributed by atoms with van der Waals surface area (Å²) in [4.78, 5) is 0. The number of rotatable bonds is 2. The molecule has 0 spiro atoms. The Kier molecular flexibility index (Phi) is 3.36. The molecule has 1 saturated carbocycles. The summed E-state index contributed by atoms with van der Waals surface area (Å²) in [7, 11) is 0. The second kappa shape index (κ2) is 4.42. The molecule has 2 aliphatic rings. The van der Waals surface area contributed by atoms with Gasteiger partial charge in [0.25, 0.3) is 0 Å². The molecule has 2 unspecified atom stereocenters. The summed E-state index contributed by atoms with van der Waals surface area (Å²) in [6.07, 6.45) is 7.02. The van der Waals surface area contributed by atoms with E-state index in [2.05, 4.69) is 26.1 Å². The summed E-state index contributed by atoms with van der Waals surface area (Å²) in [5.74, 6) is 0.938. The topological polar surface area (TPSA) is 21.3 Å². The number of hydrogen-bond donors (Lipinski definition) is 1. The molecule has 0 aromatic carbocycles. The van der Waals surface area contributed by atoms with Crippen LogP contribution in [0.3, 0.4) is 0 Å². The van der Waals surface area contributed by atoms with Crippen LogP contribution in [0.25, 0.3) is 0 Å². The van der Waals surface area contributed by atoms with Crippen LogP contribution in [0.15, 0.2) is 0 Å². The van der Waals surface area contributed by atoms with Gasteiger partial charge in [-0.15, -0.1) is 0 Å². The van der Waals surface area contributed by atoms with Crippen molar-refractivity contribution in [1.82, 2.24) is 5.32 Å². The Hall–Kier alpha value is -0.0800. The Labute approximate surface area is 93.8 Å². The Morgan fingerprint density at radius 3 is 2.33 bits per heavy atom. The Balaban J connectivity index is 1.86. The molecule has 2 fully saturated rings. The van der Waals surface area contributed by atoms with E-state index in [1.54, 1.807) is 0 Å². The van der Waals surface area contributed by atoms with Gasteiger partial charge in [-0.2, -0.15) is 0 Å². The molecule has 0 aromatic rings. The molecular formula is C13H25NO. The van der Waals surface area contributed by atoms with Gasteiger partial charge in [0, 0.05) is 18.2 Å². The molecular weight excluding hydrogens is 186 g/mol. The largest absolute Gasteiger partial charge is 0.377 e. The van der Waals surface area contributed by atoms with Crippen molar-refractivity contribution in [3.63, 3.8) is 0 Å². The predicted octanol–water partition coefficient (Wildman–Crippen LogP) is 2.72. The fourth-order valence-corrected chi connectivity index (χ4v) is 2.90. The van der Waals surface area contributed by atoms with Crippen molar-refractivity contribution in [3.05, 3.63) is 0 Å². The van der Waals surface area contributed by atoms with Gasteiger partial charge in [-0.1, -0.05) is 6.92 Å². The lowest BCUT2D eigenvalue weighted by Crippen LogP contribution is -2.53. The van der Waals surface area contributed by atoms with Gasteiger partial charge < -0.3 is 10.1 Å². The molecule has 1 heterocycles. The van der Waals surface area contributed by atoms with Crippen LogP contribution in [0.5, 0.6) is 0 Å². The third kappa shape index (κ3) is 2.54. The van der Waals surface area contributed by atoms with Crippen LogP contribution in [-0.4, -0.2) is 24.3 Å². The summed E-state index contributed by atoms with van der Waals surface area (Å²) in [5.41, 5.74) is 0.227. The van der Waals surface area contributed by atoms with E-state index in [0.29, 0.717) is 6.10 Å². The van der Waals surface area contributed by atoms with Crippen molar-refractivity contribution in [2.75, 3.05) is 6.61 Å². The highest BCUT2D eigenvalue weighted by Crippen LogP contribution is 2.30. The van der Waals surface area contributed by atoms with Crippen molar-refractivity contribution in [2.45, 2.75) is 70.6 Å². The lowest BCUT2D eigenvalue weighted by Gasteiger charge is -2.37. The van der Waals surface area contributed by atoms with Gasteiger partial charge in [0.1, 0.15) is 0 Å². The van der Waals surface area contributed by atoms with E-state index >= 15 is 0 Å². The minimum Gasteiger partial charge on any atom is -0.377 e. The van der Waals surface area contributed by atoms with Crippen LogP contribution in [0.4, 0.5) is 0 Å². The third-order valence-electron chi connectivity index (χ3n) is 4.44. The zero-order chi connectivity index (χ0) is 10.9. The number of nitrogens with one attached hydrogen (secondary N) is 1. The van der Waals surface area contributed by atoms with E-state index in [-0.39, 0.29) is 5.54 Å². The van der Waals surface area contributed by atoms with Crippen LogP contribution in [0, 0.1) is 5.92 Å². The molecule has 2 heteroatoms. The fraction of sp³-hybridized carbons (Fsp3) is 1.00. The highest BCUT2D eigenvalue weighted by atomic mass is 16.5. The second-order valence-electron chi connectivity index (χ2n) is 5.78. The SMILES string of the molecule is CC1CCC(NC2(C)CCOC2C)CC1. The third-order valence-corrected chi connectivity index (χ3v) is 4.44. The highest BCUT2D eigenvalue weighted by Gasteiger charge is 2.38. The average molecular weight is 211 g/mol. The minimum absolute atomic E-state index is 0.227. The highest BCUT2D eigenvalue weighted by molar-refractivity contribution is 4.96. The molecule has 0 aromatic heterocycles. The van der Waals surface area contributed by atoms with E-state index in [1.807, 2.05) is 0 Å². The molecule has 15 heavy (non-hydrogen) atoms. The lowest BCUT2D eigenvalue weighted by molar-refractivity contribution is 0.0803. The molecule has 0 amide bonds. The van der Waals surface area contributed by atoms with E-state index in [4.69, 9.17) is 4.74 Å². The zero-order valence-electron chi connectivity index (χ0n) is 10.4. The fourth-order valence-electron chi connectivity index (χ4n) is 2.90. The second-order valence-corrected chi connectivity index (χ2v) is 5.78. The first-order valence-electron chi connectivity index (χ1n) is 6.49. The monoisotopic (exact) mass is 211 g/mol. The van der Waals surface area contributed by atoms with Gasteiger partial charge >= 0.3 is 0 Å². The van der Waals surface area contributed by atoms with Crippen LogP contribution in [0.2, 0.25) is 0 Å². The molecule has 1 aliphatic carbocycles. The Morgan fingerprint density at radius 2 is 1.80 bits per heavy atom. The van der Waals surface area contributed by atoms with Crippen LogP contribution in [0.1, 0.15) is 52.9 Å². The quantitative estimate of drug-likeness (QED) is 0.758. The molecule has 2 rings (SSSR count). The number of ether oxygens (including phenoxy) is 1. The standard InChI is InChI=1S/C13H25NO/c1-10-4-6-12(7-5-10)14-13(3)8-9-15-11(13)2/h10-12,14H,4-9H2,1-3H3. The maximum absolute atomic E-state index is 5.67. The van der Waals surface area contributed by atoms with Gasteiger partial charge in [0.2, 0.25) is 0 Å². The normalized spacial score (nSPS) is 47.0. The Bertz CT molecular complexity index is 211. The average Bonchev–Trinajstić information content (AvgIpc) is 2.51. The summed E-state index contributed by atoms with van der Waals surface area (Å²) < 4.78 is 5.67. The maximum Gasteiger partial charge on any atom is 0.0726 e. The van der Waals surface area contributed by atoms with Gasteiger partial charge in [-0.05, 0) is 51.9 Å². The van der Waals surface area contributed by atoms with Crippen LogP contribution < -0.4 is 5.32 Å². The predicted molar refractivity (Wildman–Crippen MR) is 63.0 cm³/mol. The van der Waals surface area contributed by atoms with Crippen molar-refractivity contribution in [3.8, 4) is 0 Å². The molecule has 1 aliphatic heterocycles. The Morgan fingerprint density at radius 1 is 1.13 bits per heavy atom. The summed E-state index contributed by atoms with van der Waals surface area (Å²) >= 11 is 0. The summed E-state index contributed by atoms with van der Waals surface area (Å²) in [5, 5.41) is 3.84. The van der Waals surface area contributed by atoms with Crippen molar-refractivity contribution >= 4 is 0 Å². The van der Waals surface area contributed by atoms with Gasteiger partial charge in [0.15, 0.2) is 0 Å². The van der Waals surface area contributed by atoms with Crippen molar-refractivity contribution < 1.29 is 4.74 Å². The van der Waals surface area contributed by atoms with E-state index in [0.717, 1.165) is 18.6 Å². The van der Waals surface area contributed by atoms with E-state index in [1.165, 1.54) is 32.1 Å². The molecule has 0 radical (unpaired) electrons. The van der Waals surface area contributed by atoms with Gasteiger partial charge in [-0.25, -0.2) is 0 Å². The molecule has 1 saturated heterocycles. The zero-order valence-corrected chi connectivity index (χ0v) is 10.4. The molecule has 88 valence electrons. The van der Waals surface area contributed by atoms with Crippen molar-refractivity contribution in [2.24, 2.45) is 5.92 Å². The summed E-state index contributed by atoms with van der Waals surface area (Å²) in [6.45, 7) is 7.82. The summed E-state index contributed by atoms with van der Waals surface area (Å²) in [6, 6.07) is 0.732. The van der Waals surface area contributed by atoms with Gasteiger partial charge in [0.05, 0.1) is 6.10 Å². The minimum atomic E-state index is 0.227. The first kappa shape index (κ1) is 11.4. The molecule has 0 bridgehead atoms. The molecule has 2 atom stereocenters. The van der Waals surface area contributed by atoms with Crippen molar-refractivity contribution in [1.29, 1.82) is 0 Å². The first-order valence-corrected chi connectivity index (χ1v) is 6.49. The lowest BCUT2D eigenvalue weighted by atomic mass is 9.84. The van der Waals surface area contributed by atoms with E-state index < -0.39 is 0 Å².